The smallest absolute Gasteiger partial charge is 0.0634 e. The van der Waals surface area contributed by atoms with Gasteiger partial charge in [0.25, 0.3) is 0 Å². The Hall–Kier alpha value is 0.210. The number of alkyl halides is 1. The minimum Gasteiger partial charge on any atom is -0.379 e. The molecule has 0 saturated carbocycles. The molecule has 0 aromatic rings. The summed E-state index contributed by atoms with van der Waals surface area (Å²) in [4.78, 5) is 2.46. The highest BCUT2D eigenvalue weighted by molar-refractivity contribution is 6.21. The van der Waals surface area contributed by atoms with Crippen molar-refractivity contribution in [2.24, 2.45) is 5.92 Å². The molecule has 2 nitrogen and oxygen atoms in total. The summed E-state index contributed by atoms with van der Waals surface area (Å²) in [5.74, 6) is 0.665. The van der Waals surface area contributed by atoms with Gasteiger partial charge in [-0.2, -0.15) is 0 Å². The Morgan fingerprint density at radius 3 is 2.67 bits per heavy atom. The third-order valence-corrected chi connectivity index (χ3v) is 4.10. The molecule has 0 amide bonds. The van der Waals surface area contributed by atoms with Gasteiger partial charge in [-0.15, -0.1) is 11.6 Å². The van der Waals surface area contributed by atoms with Crippen LogP contribution in [-0.4, -0.2) is 42.6 Å². The van der Waals surface area contributed by atoms with Crippen molar-refractivity contribution in [1.82, 2.24) is 4.90 Å². The van der Waals surface area contributed by atoms with E-state index in [1.807, 2.05) is 0 Å². The van der Waals surface area contributed by atoms with E-state index in [4.69, 9.17) is 16.3 Å². The van der Waals surface area contributed by atoms with Crippen LogP contribution in [0, 0.1) is 5.92 Å². The first-order valence-corrected chi connectivity index (χ1v) is 6.30. The Bertz CT molecular complexity index is 196. The number of piperidine rings is 1. The van der Waals surface area contributed by atoms with Crippen LogP contribution in [0.2, 0.25) is 0 Å². The van der Waals surface area contributed by atoms with E-state index in [1.165, 1.54) is 13.0 Å². The molecule has 0 N–H and O–H groups in total. The molecule has 2 unspecified atom stereocenters. The van der Waals surface area contributed by atoms with Gasteiger partial charge < -0.3 is 9.64 Å². The Balaban J connectivity index is 2.28. The normalized spacial score (nSPS) is 29.4. The quantitative estimate of drug-likeness (QED) is 0.693. The van der Waals surface area contributed by atoms with Gasteiger partial charge in [0.2, 0.25) is 0 Å². The SMILES string of the molecule is COC(C)(C)CCN1CCC(C)C(Cl)C1. The second-order valence-electron chi connectivity index (χ2n) is 5.30. The highest BCUT2D eigenvalue weighted by Crippen LogP contribution is 2.23. The summed E-state index contributed by atoms with van der Waals surface area (Å²) in [6.07, 6.45) is 2.29. The van der Waals surface area contributed by atoms with Crippen LogP contribution in [0.15, 0.2) is 0 Å². The predicted molar refractivity (Wildman–Crippen MR) is 65.6 cm³/mol. The first-order valence-electron chi connectivity index (χ1n) is 5.86. The Morgan fingerprint density at radius 2 is 2.13 bits per heavy atom. The summed E-state index contributed by atoms with van der Waals surface area (Å²) in [6, 6.07) is 0. The van der Waals surface area contributed by atoms with Gasteiger partial charge in [0, 0.05) is 25.6 Å². The largest absolute Gasteiger partial charge is 0.379 e. The molecule has 3 heteroatoms. The van der Waals surface area contributed by atoms with E-state index >= 15 is 0 Å². The summed E-state index contributed by atoms with van der Waals surface area (Å²) in [7, 11) is 1.78. The van der Waals surface area contributed by atoms with Gasteiger partial charge in [-0.1, -0.05) is 6.92 Å². The van der Waals surface area contributed by atoms with E-state index < -0.39 is 0 Å². The van der Waals surface area contributed by atoms with Gasteiger partial charge in [0.15, 0.2) is 0 Å². The lowest BCUT2D eigenvalue weighted by Gasteiger charge is -2.35. The molecule has 0 aromatic heterocycles. The van der Waals surface area contributed by atoms with Gasteiger partial charge in [-0.25, -0.2) is 0 Å². The topological polar surface area (TPSA) is 12.5 Å². The Morgan fingerprint density at radius 1 is 1.47 bits per heavy atom. The second kappa shape index (κ2) is 5.51. The molecule has 0 aromatic carbocycles. The van der Waals surface area contributed by atoms with Gasteiger partial charge in [-0.3, -0.25) is 0 Å². The van der Waals surface area contributed by atoms with E-state index in [9.17, 15) is 0 Å². The van der Waals surface area contributed by atoms with E-state index in [2.05, 4.69) is 25.7 Å². The number of ether oxygens (including phenoxy) is 1. The Labute approximate surface area is 98.9 Å². The van der Waals surface area contributed by atoms with E-state index in [0.717, 1.165) is 19.5 Å². The monoisotopic (exact) mass is 233 g/mol. The lowest BCUT2D eigenvalue weighted by atomic mass is 9.97. The third-order valence-electron chi connectivity index (χ3n) is 3.53. The molecule has 15 heavy (non-hydrogen) atoms. The second-order valence-corrected chi connectivity index (χ2v) is 5.86. The first-order chi connectivity index (χ1) is 6.94. The maximum atomic E-state index is 6.27. The minimum absolute atomic E-state index is 0.00905. The van der Waals surface area contributed by atoms with Crippen molar-refractivity contribution in [3.63, 3.8) is 0 Å². The van der Waals surface area contributed by atoms with Gasteiger partial charge in [-0.05, 0) is 39.2 Å². The molecule has 1 aliphatic heterocycles. The van der Waals surface area contributed by atoms with Gasteiger partial charge in [0.1, 0.15) is 0 Å². The molecular weight excluding hydrogens is 210 g/mol. The zero-order valence-corrected chi connectivity index (χ0v) is 11.2. The zero-order valence-electron chi connectivity index (χ0n) is 10.4. The number of hydrogen-bond donors (Lipinski definition) is 0. The van der Waals surface area contributed by atoms with Crippen molar-refractivity contribution in [2.45, 2.75) is 44.6 Å². The van der Waals surface area contributed by atoms with Crippen LogP contribution < -0.4 is 0 Å². The van der Waals surface area contributed by atoms with Crippen molar-refractivity contribution < 1.29 is 4.74 Å². The fourth-order valence-corrected chi connectivity index (χ4v) is 2.14. The van der Waals surface area contributed by atoms with Crippen LogP contribution in [0.25, 0.3) is 0 Å². The fourth-order valence-electron chi connectivity index (χ4n) is 1.82. The number of likely N-dealkylation sites (tertiary alicyclic amines) is 1. The molecule has 1 rings (SSSR count). The molecule has 0 aliphatic carbocycles. The summed E-state index contributed by atoms with van der Waals surface area (Å²) in [5.41, 5.74) is -0.00905. The van der Waals surface area contributed by atoms with Crippen molar-refractivity contribution in [2.75, 3.05) is 26.7 Å². The number of methoxy groups -OCH3 is 1. The lowest BCUT2D eigenvalue weighted by molar-refractivity contribution is 0.00530. The standard InChI is InChI=1S/C12H24ClNO/c1-10-5-7-14(9-11(10)13)8-6-12(2,3)15-4/h10-11H,5-9H2,1-4H3. The first kappa shape index (κ1) is 13.3. The molecule has 90 valence electrons. The molecule has 1 aliphatic rings. The molecule has 1 heterocycles. The summed E-state index contributed by atoms with van der Waals surface area (Å²) >= 11 is 6.27. The number of hydrogen-bond acceptors (Lipinski definition) is 2. The lowest BCUT2D eigenvalue weighted by Crippen LogP contribution is -2.42. The van der Waals surface area contributed by atoms with Crippen LogP contribution in [0.1, 0.15) is 33.6 Å². The zero-order chi connectivity index (χ0) is 11.5. The van der Waals surface area contributed by atoms with Crippen LogP contribution in [0.4, 0.5) is 0 Å². The summed E-state index contributed by atoms with van der Waals surface area (Å²) in [6.45, 7) is 9.83. The molecule has 0 bridgehead atoms. The number of halogens is 1. The highest BCUT2D eigenvalue weighted by atomic mass is 35.5. The van der Waals surface area contributed by atoms with Crippen molar-refractivity contribution in [3.05, 3.63) is 0 Å². The van der Waals surface area contributed by atoms with E-state index in [0.29, 0.717) is 11.3 Å². The van der Waals surface area contributed by atoms with Gasteiger partial charge in [0.05, 0.1) is 5.60 Å². The Kier molecular flexibility index (Phi) is 4.88. The third kappa shape index (κ3) is 4.29. The van der Waals surface area contributed by atoms with Gasteiger partial charge >= 0.3 is 0 Å². The molecule has 0 radical (unpaired) electrons. The maximum absolute atomic E-state index is 6.27. The van der Waals surface area contributed by atoms with Crippen LogP contribution >= 0.6 is 11.6 Å². The van der Waals surface area contributed by atoms with Crippen LogP contribution in [0.5, 0.6) is 0 Å². The maximum Gasteiger partial charge on any atom is 0.0634 e. The average Bonchev–Trinajstić information content (AvgIpc) is 2.20. The predicted octanol–water partition coefficient (Wildman–Crippen LogP) is 2.75. The number of rotatable bonds is 4. The van der Waals surface area contributed by atoms with Crippen LogP contribution in [-0.2, 0) is 4.74 Å². The molecule has 0 spiro atoms. The summed E-state index contributed by atoms with van der Waals surface area (Å²) < 4.78 is 5.42. The molecular formula is C12H24ClNO. The van der Waals surface area contributed by atoms with Crippen molar-refractivity contribution >= 4 is 11.6 Å². The summed E-state index contributed by atoms with van der Waals surface area (Å²) in [5, 5.41) is 0.324. The highest BCUT2D eigenvalue weighted by Gasteiger charge is 2.25. The molecule has 2 atom stereocenters. The van der Waals surface area contributed by atoms with E-state index in [-0.39, 0.29) is 5.60 Å². The van der Waals surface area contributed by atoms with E-state index in [1.54, 1.807) is 7.11 Å². The minimum atomic E-state index is -0.00905. The molecule has 1 fully saturated rings. The van der Waals surface area contributed by atoms with Crippen molar-refractivity contribution in [1.29, 1.82) is 0 Å². The van der Waals surface area contributed by atoms with Crippen LogP contribution in [0.3, 0.4) is 0 Å². The average molecular weight is 234 g/mol. The fraction of sp³-hybridized carbons (Fsp3) is 1.00. The number of nitrogens with zero attached hydrogens (tertiary/aromatic N) is 1. The molecule has 1 saturated heterocycles. The van der Waals surface area contributed by atoms with Crippen molar-refractivity contribution in [3.8, 4) is 0 Å².